The fraction of sp³-hybridized carbons (Fsp3) is 0.700. The van der Waals surface area contributed by atoms with Crippen molar-refractivity contribution in [3.63, 3.8) is 0 Å². The zero-order chi connectivity index (χ0) is 11.1. The Balaban J connectivity index is 2.20. The van der Waals surface area contributed by atoms with Gasteiger partial charge in [0.05, 0.1) is 6.61 Å². The van der Waals surface area contributed by atoms with Gasteiger partial charge in [-0.3, -0.25) is 4.68 Å². The number of aryl methyl sites for hydroxylation is 1. The molecule has 0 aliphatic rings. The molecule has 15 heavy (non-hydrogen) atoms. The van der Waals surface area contributed by atoms with E-state index in [1.54, 1.807) is 6.07 Å². The summed E-state index contributed by atoms with van der Waals surface area (Å²) in [5, 5.41) is 12.9. The Morgan fingerprint density at radius 2 is 2.33 bits per heavy atom. The van der Waals surface area contributed by atoms with E-state index in [-0.39, 0.29) is 6.61 Å². The molecule has 1 heterocycles. The first kappa shape index (κ1) is 12.0. The number of nitrogen functional groups attached to an aromatic ring is 1. The van der Waals surface area contributed by atoms with E-state index in [1.807, 2.05) is 10.9 Å². The van der Waals surface area contributed by atoms with Gasteiger partial charge >= 0.3 is 0 Å². The van der Waals surface area contributed by atoms with Gasteiger partial charge in [-0.25, -0.2) is 0 Å². The Hall–Kier alpha value is -1.07. The molecule has 0 bridgehead atoms. The molecular formula is C10H20N4O. The number of hydrogen-bond acceptors (Lipinski definition) is 4. The molecule has 3 N–H and O–H groups in total. The highest BCUT2D eigenvalue weighted by Gasteiger charge is 2.01. The molecule has 5 nitrogen and oxygen atoms in total. The fourth-order valence-corrected chi connectivity index (χ4v) is 1.53. The van der Waals surface area contributed by atoms with Gasteiger partial charge in [-0.05, 0) is 25.6 Å². The quantitative estimate of drug-likeness (QED) is 0.676. The minimum absolute atomic E-state index is 0.225. The third-order valence-electron chi connectivity index (χ3n) is 2.39. The first-order valence-corrected chi connectivity index (χ1v) is 5.38. The largest absolute Gasteiger partial charge is 0.395 e. The van der Waals surface area contributed by atoms with Crippen LogP contribution in [-0.2, 0) is 6.54 Å². The smallest absolute Gasteiger partial charge is 0.145 e. The molecule has 0 atom stereocenters. The van der Waals surface area contributed by atoms with Crippen molar-refractivity contribution in [1.82, 2.24) is 14.7 Å². The molecule has 0 unspecified atom stereocenters. The second-order valence-electron chi connectivity index (χ2n) is 3.52. The third kappa shape index (κ3) is 4.31. The normalized spacial score (nSPS) is 11.1. The van der Waals surface area contributed by atoms with E-state index in [2.05, 4.69) is 16.9 Å². The predicted molar refractivity (Wildman–Crippen MR) is 60.5 cm³/mol. The monoisotopic (exact) mass is 212 g/mol. The average molecular weight is 212 g/mol. The van der Waals surface area contributed by atoms with Gasteiger partial charge in [-0.15, -0.1) is 0 Å². The minimum Gasteiger partial charge on any atom is -0.395 e. The first-order valence-electron chi connectivity index (χ1n) is 5.38. The molecule has 0 saturated carbocycles. The van der Waals surface area contributed by atoms with E-state index >= 15 is 0 Å². The maximum Gasteiger partial charge on any atom is 0.145 e. The zero-order valence-corrected chi connectivity index (χ0v) is 9.26. The van der Waals surface area contributed by atoms with Crippen molar-refractivity contribution in [3.05, 3.63) is 12.3 Å². The van der Waals surface area contributed by atoms with Crippen molar-refractivity contribution in [2.45, 2.75) is 19.9 Å². The number of aromatic nitrogens is 2. The van der Waals surface area contributed by atoms with Crippen LogP contribution in [0.1, 0.15) is 13.3 Å². The van der Waals surface area contributed by atoms with Crippen molar-refractivity contribution in [2.24, 2.45) is 0 Å². The summed E-state index contributed by atoms with van der Waals surface area (Å²) in [6, 6.07) is 1.80. The Morgan fingerprint density at radius 3 is 2.87 bits per heavy atom. The van der Waals surface area contributed by atoms with Crippen LogP contribution in [0.4, 0.5) is 5.82 Å². The van der Waals surface area contributed by atoms with Crippen LogP contribution < -0.4 is 5.73 Å². The maximum absolute atomic E-state index is 8.81. The standard InChI is InChI=1S/C10H20N4O/c1-2-13(8-9-15)5-3-6-14-7-4-10(11)12-14/h4,7,15H,2-3,5-6,8-9H2,1H3,(H2,11,12). The van der Waals surface area contributed by atoms with E-state index in [9.17, 15) is 0 Å². The Kier molecular flexibility index (Phi) is 5.14. The molecule has 0 aliphatic carbocycles. The molecule has 5 heteroatoms. The van der Waals surface area contributed by atoms with E-state index in [1.165, 1.54) is 0 Å². The lowest BCUT2D eigenvalue weighted by molar-refractivity contribution is 0.198. The fourth-order valence-electron chi connectivity index (χ4n) is 1.53. The van der Waals surface area contributed by atoms with Crippen LogP contribution in [0.5, 0.6) is 0 Å². The molecule has 0 amide bonds. The Labute approximate surface area is 90.5 Å². The van der Waals surface area contributed by atoms with E-state index in [0.29, 0.717) is 5.82 Å². The molecule has 1 aromatic rings. The summed E-state index contributed by atoms with van der Waals surface area (Å²) in [5.74, 6) is 0.567. The van der Waals surface area contributed by atoms with Crippen LogP contribution in [0.15, 0.2) is 12.3 Å². The van der Waals surface area contributed by atoms with Crippen molar-refractivity contribution >= 4 is 5.82 Å². The summed E-state index contributed by atoms with van der Waals surface area (Å²) in [4.78, 5) is 2.22. The summed E-state index contributed by atoms with van der Waals surface area (Å²) < 4.78 is 1.85. The Morgan fingerprint density at radius 1 is 1.53 bits per heavy atom. The lowest BCUT2D eigenvalue weighted by Gasteiger charge is -2.18. The van der Waals surface area contributed by atoms with E-state index < -0.39 is 0 Å². The molecule has 0 fully saturated rings. The van der Waals surface area contributed by atoms with Crippen LogP contribution in [0.3, 0.4) is 0 Å². The van der Waals surface area contributed by atoms with Crippen molar-refractivity contribution in [1.29, 1.82) is 0 Å². The molecule has 1 aromatic heterocycles. The lowest BCUT2D eigenvalue weighted by atomic mass is 10.3. The SMILES string of the molecule is CCN(CCO)CCCn1ccc(N)n1. The van der Waals surface area contributed by atoms with Crippen LogP contribution >= 0.6 is 0 Å². The number of likely N-dealkylation sites (N-methyl/N-ethyl adjacent to an activating group) is 1. The molecule has 0 aliphatic heterocycles. The van der Waals surface area contributed by atoms with Gasteiger partial charge in [0.1, 0.15) is 5.82 Å². The van der Waals surface area contributed by atoms with Gasteiger partial charge < -0.3 is 15.7 Å². The summed E-state index contributed by atoms with van der Waals surface area (Å²) in [6.45, 7) is 5.90. The van der Waals surface area contributed by atoms with Gasteiger partial charge in [0, 0.05) is 19.3 Å². The van der Waals surface area contributed by atoms with Crippen LogP contribution in [0.25, 0.3) is 0 Å². The highest BCUT2D eigenvalue weighted by Crippen LogP contribution is 1.98. The number of aliphatic hydroxyl groups excluding tert-OH is 1. The van der Waals surface area contributed by atoms with E-state index in [4.69, 9.17) is 10.8 Å². The molecular weight excluding hydrogens is 192 g/mol. The van der Waals surface area contributed by atoms with Gasteiger partial charge in [0.2, 0.25) is 0 Å². The Bertz CT molecular complexity index is 274. The lowest BCUT2D eigenvalue weighted by Crippen LogP contribution is -2.28. The third-order valence-corrected chi connectivity index (χ3v) is 2.39. The second-order valence-corrected chi connectivity index (χ2v) is 3.52. The highest BCUT2D eigenvalue weighted by atomic mass is 16.3. The number of nitrogens with two attached hydrogens (primary N) is 1. The maximum atomic E-state index is 8.81. The first-order chi connectivity index (χ1) is 7.26. The summed E-state index contributed by atoms with van der Waals surface area (Å²) in [7, 11) is 0. The summed E-state index contributed by atoms with van der Waals surface area (Å²) in [6.07, 6.45) is 2.91. The number of rotatable bonds is 7. The van der Waals surface area contributed by atoms with E-state index in [0.717, 1.165) is 32.6 Å². The predicted octanol–water partition coefficient (Wildman–Crippen LogP) is 0.170. The molecule has 0 saturated heterocycles. The second kappa shape index (κ2) is 6.42. The summed E-state index contributed by atoms with van der Waals surface area (Å²) in [5.41, 5.74) is 5.51. The number of hydrogen-bond donors (Lipinski definition) is 2. The van der Waals surface area contributed by atoms with Gasteiger partial charge in [0.15, 0.2) is 0 Å². The molecule has 0 aromatic carbocycles. The van der Waals surface area contributed by atoms with Crippen molar-refractivity contribution < 1.29 is 5.11 Å². The van der Waals surface area contributed by atoms with Crippen molar-refractivity contribution in [3.8, 4) is 0 Å². The van der Waals surface area contributed by atoms with Gasteiger partial charge in [-0.1, -0.05) is 6.92 Å². The zero-order valence-electron chi connectivity index (χ0n) is 9.26. The molecule has 0 radical (unpaired) electrons. The van der Waals surface area contributed by atoms with Crippen LogP contribution in [0.2, 0.25) is 0 Å². The number of nitrogens with zero attached hydrogens (tertiary/aromatic N) is 3. The van der Waals surface area contributed by atoms with Crippen LogP contribution in [0, 0.1) is 0 Å². The van der Waals surface area contributed by atoms with Gasteiger partial charge in [0.25, 0.3) is 0 Å². The number of aliphatic hydroxyl groups is 1. The topological polar surface area (TPSA) is 67.3 Å². The average Bonchev–Trinajstić information content (AvgIpc) is 2.63. The summed E-state index contributed by atoms with van der Waals surface area (Å²) >= 11 is 0. The molecule has 0 spiro atoms. The van der Waals surface area contributed by atoms with Crippen molar-refractivity contribution in [2.75, 3.05) is 32.0 Å². The molecule has 86 valence electrons. The van der Waals surface area contributed by atoms with Crippen LogP contribution in [-0.4, -0.2) is 46.0 Å². The number of anilines is 1. The van der Waals surface area contributed by atoms with Gasteiger partial charge in [-0.2, -0.15) is 5.10 Å². The molecule has 1 rings (SSSR count). The highest BCUT2D eigenvalue weighted by molar-refractivity contribution is 5.23. The minimum atomic E-state index is 0.225.